The molecule has 0 saturated heterocycles. The lowest BCUT2D eigenvalue weighted by Crippen LogP contribution is -2.35. The van der Waals surface area contributed by atoms with Gasteiger partial charge in [-0.05, 0) is 47.9 Å². The summed E-state index contributed by atoms with van der Waals surface area (Å²) in [6, 6.07) is 14.0. The number of hydrogen-bond donors (Lipinski definition) is 1. The highest BCUT2D eigenvalue weighted by Gasteiger charge is 2.34. The first-order valence-corrected chi connectivity index (χ1v) is 13.4. The minimum absolute atomic E-state index is 0.0219. The van der Waals surface area contributed by atoms with Gasteiger partial charge in [-0.1, -0.05) is 29.5 Å². The molecule has 2 aromatic carbocycles. The van der Waals surface area contributed by atoms with Crippen LogP contribution < -0.4 is 9.47 Å². The Balaban J connectivity index is 1.52. The molecule has 0 bridgehead atoms. The van der Waals surface area contributed by atoms with E-state index in [1.165, 1.54) is 16.6 Å². The van der Waals surface area contributed by atoms with Crippen LogP contribution in [-0.2, 0) is 28.4 Å². The summed E-state index contributed by atoms with van der Waals surface area (Å²) >= 11 is 0. The molecule has 4 aromatic rings. The molecule has 2 aromatic heterocycles. The van der Waals surface area contributed by atoms with Gasteiger partial charge in [0.25, 0.3) is 0 Å². The number of carbonyl (C=O) groups is 1. The molecule has 3 heterocycles. The lowest BCUT2D eigenvalue weighted by molar-refractivity contribution is -0.137. The van der Waals surface area contributed by atoms with E-state index in [1.807, 2.05) is 24.3 Å². The van der Waals surface area contributed by atoms with E-state index in [-0.39, 0.29) is 30.3 Å². The van der Waals surface area contributed by atoms with Crippen LogP contribution >= 0.6 is 0 Å². The summed E-state index contributed by atoms with van der Waals surface area (Å²) in [5.74, 6) is -0.871. The Hall–Kier alpha value is -4.03. The van der Waals surface area contributed by atoms with Gasteiger partial charge in [-0.25, -0.2) is 18.1 Å². The quantitative estimate of drug-likeness (QED) is 0.377. The normalized spacial score (nSPS) is 17.8. The van der Waals surface area contributed by atoms with E-state index in [1.54, 1.807) is 44.0 Å². The first kappa shape index (κ1) is 25.6. The average molecular weight is 538 g/mol. The van der Waals surface area contributed by atoms with Crippen molar-refractivity contribution in [3.63, 3.8) is 0 Å². The summed E-state index contributed by atoms with van der Waals surface area (Å²) in [5, 5.41) is 18.0. The Morgan fingerprint density at radius 3 is 2.79 bits per heavy atom. The molecule has 1 aliphatic heterocycles. The van der Waals surface area contributed by atoms with Gasteiger partial charge in [-0.3, -0.25) is 4.79 Å². The van der Waals surface area contributed by atoms with Gasteiger partial charge in [0.2, 0.25) is 15.9 Å². The van der Waals surface area contributed by atoms with Gasteiger partial charge in [0, 0.05) is 25.7 Å². The number of aryl methyl sites for hydroxylation is 1. The van der Waals surface area contributed by atoms with Crippen molar-refractivity contribution >= 4 is 27.0 Å². The first-order valence-electron chi connectivity index (χ1n) is 12.0. The van der Waals surface area contributed by atoms with Gasteiger partial charge < -0.3 is 14.6 Å². The van der Waals surface area contributed by atoms with E-state index in [0.717, 1.165) is 5.56 Å². The van der Waals surface area contributed by atoms with Crippen molar-refractivity contribution in [2.24, 2.45) is 7.05 Å². The topological polar surface area (TPSA) is 137 Å². The second-order valence-electron chi connectivity index (χ2n) is 9.23. The summed E-state index contributed by atoms with van der Waals surface area (Å²) < 4.78 is 41.2. The number of aromatic nitrogens is 4. The molecule has 198 valence electrons. The third-order valence-electron chi connectivity index (χ3n) is 6.53. The van der Waals surface area contributed by atoms with Gasteiger partial charge in [-0.2, -0.15) is 4.31 Å². The largest absolute Gasteiger partial charge is 0.494 e. The van der Waals surface area contributed by atoms with E-state index in [4.69, 9.17) is 9.47 Å². The number of benzene rings is 2. The zero-order valence-corrected chi connectivity index (χ0v) is 21.9. The number of hydrogen-bond acceptors (Lipinski definition) is 8. The molecule has 0 spiro atoms. The summed E-state index contributed by atoms with van der Waals surface area (Å²) in [4.78, 5) is 16.0. The Morgan fingerprint density at radius 1 is 1.21 bits per heavy atom. The summed E-state index contributed by atoms with van der Waals surface area (Å²) in [5.41, 5.74) is 3.45. The number of rotatable bonds is 7. The molecule has 0 aliphatic carbocycles. The minimum Gasteiger partial charge on any atom is -0.494 e. The number of carboxylic acids is 1. The molecule has 0 radical (unpaired) electrons. The number of fused-ring (bicyclic) bond motifs is 2. The van der Waals surface area contributed by atoms with Gasteiger partial charge in [0.05, 0.1) is 20.1 Å². The van der Waals surface area contributed by atoms with E-state index < -0.39 is 28.0 Å². The summed E-state index contributed by atoms with van der Waals surface area (Å²) in [6.45, 7) is 2.02. The fourth-order valence-corrected chi connectivity index (χ4v) is 6.38. The van der Waals surface area contributed by atoms with Crippen LogP contribution in [0.2, 0.25) is 0 Å². The highest BCUT2D eigenvalue weighted by atomic mass is 32.2. The SMILES string of the molecule is COc1cc(C(CC(=O)O)c2cccc(CN3C[C@@H](C)Oc4ncccc4S3(=O)=O)c2)cc2nnn(C)c12. The maximum atomic E-state index is 13.5. The molecule has 0 amide bonds. The molecule has 12 heteroatoms. The molecule has 5 rings (SSSR count). The predicted molar refractivity (Wildman–Crippen MR) is 138 cm³/mol. The number of nitrogens with zero attached hydrogens (tertiary/aromatic N) is 5. The van der Waals surface area contributed by atoms with Crippen LogP contribution in [0.5, 0.6) is 11.6 Å². The van der Waals surface area contributed by atoms with Crippen LogP contribution in [0.25, 0.3) is 11.0 Å². The molecule has 2 atom stereocenters. The third kappa shape index (κ3) is 4.79. The van der Waals surface area contributed by atoms with Gasteiger partial charge in [-0.15, -0.1) is 5.10 Å². The maximum absolute atomic E-state index is 13.5. The molecule has 38 heavy (non-hydrogen) atoms. The van der Waals surface area contributed by atoms with Crippen LogP contribution in [0.3, 0.4) is 0 Å². The minimum atomic E-state index is -3.87. The Morgan fingerprint density at radius 2 is 2.03 bits per heavy atom. The molecule has 11 nitrogen and oxygen atoms in total. The van der Waals surface area contributed by atoms with Gasteiger partial charge in [0.15, 0.2) is 0 Å². The zero-order valence-electron chi connectivity index (χ0n) is 21.1. The smallest absolute Gasteiger partial charge is 0.304 e. The second kappa shape index (κ2) is 10.0. The number of pyridine rings is 1. The van der Waals surface area contributed by atoms with Crippen molar-refractivity contribution in [1.29, 1.82) is 0 Å². The Kier molecular flexibility index (Phi) is 6.76. The van der Waals surface area contributed by atoms with E-state index >= 15 is 0 Å². The molecular weight excluding hydrogens is 510 g/mol. The summed E-state index contributed by atoms with van der Waals surface area (Å²) in [7, 11) is -0.571. The number of carboxylic acid groups (broad SMARTS) is 1. The Bertz CT molecular complexity index is 1620. The highest BCUT2D eigenvalue weighted by molar-refractivity contribution is 7.89. The number of ether oxygens (including phenoxy) is 2. The van der Waals surface area contributed by atoms with Crippen LogP contribution in [0.15, 0.2) is 59.6 Å². The van der Waals surface area contributed by atoms with E-state index in [9.17, 15) is 18.3 Å². The van der Waals surface area contributed by atoms with Crippen molar-refractivity contribution in [1.82, 2.24) is 24.3 Å². The van der Waals surface area contributed by atoms with Crippen LogP contribution in [0.4, 0.5) is 0 Å². The lowest BCUT2D eigenvalue weighted by Gasteiger charge is -2.22. The van der Waals surface area contributed by atoms with Crippen molar-refractivity contribution < 1.29 is 27.8 Å². The summed E-state index contributed by atoms with van der Waals surface area (Å²) in [6.07, 6.45) is 0.913. The number of methoxy groups -OCH3 is 1. The van der Waals surface area contributed by atoms with Crippen LogP contribution in [0, 0.1) is 0 Å². The highest BCUT2D eigenvalue weighted by Crippen LogP contribution is 2.35. The molecule has 1 N–H and O–H groups in total. The van der Waals surface area contributed by atoms with Crippen LogP contribution in [-0.4, -0.2) is 63.5 Å². The number of aliphatic carboxylic acids is 1. The zero-order chi connectivity index (χ0) is 27.0. The van der Waals surface area contributed by atoms with Gasteiger partial charge >= 0.3 is 5.97 Å². The standard InChI is InChI=1S/C26H27N5O6S/c1-16-14-31(38(34,35)23-8-5-9-27-26(23)37-16)15-17-6-4-7-18(10-17)20(13-24(32)33)19-11-21-25(22(12-19)36-3)30(2)29-28-21/h4-12,16,20H,13-15H2,1-3H3,(H,32,33)/t16-,20?/m1/s1. The van der Waals surface area contributed by atoms with Crippen LogP contribution in [0.1, 0.15) is 36.0 Å². The number of sulfonamides is 1. The maximum Gasteiger partial charge on any atom is 0.304 e. The van der Waals surface area contributed by atoms with Crippen molar-refractivity contribution in [3.8, 4) is 11.6 Å². The van der Waals surface area contributed by atoms with E-state index in [0.29, 0.717) is 27.9 Å². The molecule has 1 aliphatic rings. The molecule has 0 fully saturated rings. The fourth-order valence-electron chi connectivity index (χ4n) is 4.81. The Labute approximate surface area is 219 Å². The first-order chi connectivity index (χ1) is 18.2. The monoisotopic (exact) mass is 537 g/mol. The van der Waals surface area contributed by atoms with Crippen molar-refractivity contribution in [3.05, 3.63) is 71.4 Å². The third-order valence-corrected chi connectivity index (χ3v) is 8.35. The average Bonchev–Trinajstić information content (AvgIpc) is 3.23. The van der Waals surface area contributed by atoms with Crippen molar-refractivity contribution in [2.75, 3.05) is 13.7 Å². The second-order valence-corrected chi connectivity index (χ2v) is 11.1. The van der Waals surface area contributed by atoms with Gasteiger partial charge in [0.1, 0.15) is 27.8 Å². The molecule has 0 saturated carbocycles. The lowest BCUT2D eigenvalue weighted by atomic mass is 9.87. The predicted octanol–water partition coefficient (Wildman–Crippen LogP) is 2.95. The molecule has 1 unspecified atom stereocenters. The van der Waals surface area contributed by atoms with Crippen molar-refractivity contribution in [2.45, 2.75) is 36.8 Å². The fraction of sp³-hybridized carbons (Fsp3) is 0.308. The molecular formula is C26H27N5O6S. The van der Waals surface area contributed by atoms with E-state index in [2.05, 4.69) is 15.3 Å².